The molecule has 2 nitrogen and oxygen atoms in total. The minimum atomic E-state index is 0.704. The van der Waals surface area contributed by atoms with Gasteiger partial charge in [0, 0.05) is 19.1 Å². The van der Waals surface area contributed by atoms with Crippen LogP contribution in [0.15, 0.2) is 0 Å². The highest BCUT2D eigenvalue weighted by Crippen LogP contribution is 2.30. The second kappa shape index (κ2) is 5.72. The fraction of sp³-hybridized carbons (Fsp3) is 1.00. The van der Waals surface area contributed by atoms with Crippen molar-refractivity contribution in [3.8, 4) is 0 Å². The quantitative estimate of drug-likeness (QED) is 0.673. The second-order valence-electron chi connectivity index (χ2n) is 5.00. The lowest BCUT2D eigenvalue weighted by Crippen LogP contribution is -2.44. The van der Waals surface area contributed by atoms with Gasteiger partial charge in [-0.2, -0.15) is 0 Å². The molecule has 1 rings (SSSR count). The molecule has 0 aliphatic heterocycles. The second-order valence-corrected chi connectivity index (χ2v) is 5.00. The molecule has 0 amide bonds. The maximum atomic E-state index is 3.46. The number of hydrogen-bond donors (Lipinski definition) is 1. The minimum absolute atomic E-state index is 0.704. The van der Waals surface area contributed by atoms with Crippen LogP contribution >= 0.6 is 0 Å². The van der Waals surface area contributed by atoms with E-state index >= 15 is 0 Å². The monoisotopic (exact) mass is 198 g/mol. The summed E-state index contributed by atoms with van der Waals surface area (Å²) >= 11 is 0. The molecule has 1 unspecified atom stereocenters. The predicted molar refractivity (Wildman–Crippen MR) is 62.5 cm³/mol. The molecule has 0 heterocycles. The standard InChI is InChI=1S/C12H26N2/c1-5-13-8-12(10(2)3)14(4)9-11-6-7-11/h10-13H,5-9H2,1-4H3. The molecule has 1 fully saturated rings. The Labute approximate surface area is 89.1 Å². The fourth-order valence-electron chi connectivity index (χ4n) is 2.04. The third-order valence-electron chi connectivity index (χ3n) is 3.18. The van der Waals surface area contributed by atoms with Gasteiger partial charge in [0.25, 0.3) is 0 Å². The highest BCUT2D eigenvalue weighted by atomic mass is 15.2. The van der Waals surface area contributed by atoms with Crippen LogP contribution in [0.4, 0.5) is 0 Å². The van der Waals surface area contributed by atoms with Gasteiger partial charge in [-0.3, -0.25) is 0 Å². The molecule has 0 radical (unpaired) electrons. The number of nitrogens with zero attached hydrogens (tertiary/aromatic N) is 1. The van der Waals surface area contributed by atoms with Crippen molar-refractivity contribution in [2.75, 3.05) is 26.7 Å². The van der Waals surface area contributed by atoms with Crippen molar-refractivity contribution in [3.05, 3.63) is 0 Å². The molecule has 1 N–H and O–H groups in total. The van der Waals surface area contributed by atoms with E-state index in [1.807, 2.05) is 0 Å². The van der Waals surface area contributed by atoms with E-state index in [9.17, 15) is 0 Å². The van der Waals surface area contributed by atoms with Crippen molar-refractivity contribution in [2.24, 2.45) is 11.8 Å². The molecule has 1 saturated carbocycles. The maximum absolute atomic E-state index is 3.46. The van der Waals surface area contributed by atoms with Crippen molar-refractivity contribution in [2.45, 2.75) is 39.7 Å². The first-order valence-electron chi connectivity index (χ1n) is 6.06. The molecule has 0 saturated heterocycles. The number of hydrogen-bond acceptors (Lipinski definition) is 2. The molecule has 1 aliphatic carbocycles. The van der Waals surface area contributed by atoms with Gasteiger partial charge in [-0.25, -0.2) is 0 Å². The van der Waals surface area contributed by atoms with Crippen LogP contribution in [0.3, 0.4) is 0 Å². The van der Waals surface area contributed by atoms with Crippen LogP contribution in [0.25, 0.3) is 0 Å². The van der Waals surface area contributed by atoms with Gasteiger partial charge < -0.3 is 10.2 Å². The molecule has 84 valence electrons. The van der Waals surface area contributed by atoms with Crippen molar-refractivity contribution >= 4 is 0 Å². The predicted octanol–water partition coefficient (Wildman–Crippen LogP) is 1.96. The molecule has 0 aromatic carbocycles. The summed E-state index contributed by atoms with van der Waals surface area (Å²) < 4.78 is 0. The van der Waals surface area contributed by atoms with Crippen LogP contribution in [-0.2, 0) is 0 Å². The van der Waals surface area contributed by atoms with Gasteiger partial charge >= 0.3 is 0 Å². The third-order valence-corrected chi connectivity index (χ3v) is 3.18. The van der Waals surface area contributed by atoms with Gasteiger partial charge in [-0.1, -0.05) is 20.8 Å². The zero-order valence-corrected chi connectivity index (χ0v) is 10.2. The summed E-state index contributed by atoms with van der Waals surface area (Å²) in [6.45, 7) is 10.3. The highest BCUT2D eigenvalue weighted by Gasteiger charge is 2.26. The lowest BCUT2D eigenvalue weighted by atomic mass is 10.0. The average molecular weight is 198 g/mol. The number of likely N-dealkylation sites (N-methyl/N-ethyl adjacent to an activating group) is 2. The van der Waals surface area contributed by atoms with E-state index in [0.29, 0.717) is 6.04 Å². The first-order valence-corrected chi connectivity index (χ1v) is 6.06. The summed E-state index contributed by atoms with van der Waals surface area (Å²) in [6, 6.07) is 0.704. The minimum Gasteiger partial charge on any atom is -0.315 e. The summed E-state index contributed by atoms with van der Waals surface area (Å²) in [7, 11) is 2.28. The molecular weight excluding hydrogens is 172 g/mol. The topological polar surface area (TPSA) is 15.3 Å². The van der Waals surface area contributed by atoms with Crippen LogP contribution in [-0.4, -0.2) is 37.6 Å². The maximum Gasteiger partial charge on any atom is 0.0240 e. The zero-order valence-electron chi connectivity index (χ0n) is 10.2. The van der Waals surface area contributed by atoms with E-state index in [-0.39, 0.29) is 0 Å². The fourth-order valence-corrected chi connectivity index (χ4v) is 2.04. The van der Waals surface area contributed by atoms with Crippen LogP contribution in [0, 0.1) is 11.8 Å². The zero-order chi connectivity index (χ0) is 10.6. The van der Waals surface area contributed by atoms with Gasteiger partial charge in [-0.15, -0.1) is 0 Å². The summed E-state index contributed by atoms with van der Waals surface area (Å²) in [6.07, 6.45) is 2.91. The lowest BCUT2D eigenvalue weighted by Gasteiger charge is -2.31. The van der Waals surface area contributed by atoms with Gasteiger partial charge in [-0.05, 0) is 38.3 Å². The van der Waals surface area contributed by atoms with E-state index < -0.39 is 0 Å². The Morgan fingerprint density at radius 3 is 2.43 bits per heavy atom. The summed E-state index contributed by atoms with van der Waals surface area (Å²) in [5.41, 5.74) is 0. The van der Waals surface area contributed by atoms with Gasteiger partial charge in [0.05, 0.1) is 0 Å². The molecule has 0 aromatic rings. The van der Waals surface area contributed by atoms with Crippen LogP contribution < -0.4 is 5.32 Å². The van der Waals surface area contributed by atoms with Crippen LogP contribution in [0.5, 0.6) is 0 Å². The van der Waals surface area contributed by atoms with E-state index in [4.69, 9.17) is 0 Å². The van der Waals surface area contributed by atoms with E-state index in [1.165, 1.54) is 19.4 Å². The van der Waals surface area contributed by atoms with Crippen molar-refractivity contribution in [1.82, 2.24) is 10.2 Å². The Morgan fingerprint density at radius 1 is 1.36 bits per heavy atom. The van der Waals surface area contributed by atoms with E-state index in [2.05, 4.69) is 38.0 Å². The van der Waals surface area contributed by atoms with Crippen LogP contribution in [0.1, 0.15) is 33.6 Å². The molecule has 0 bridgehead atoms. The van der Waals surface area contributed by atoms with Crippen molar-refractivity contribution in [3.63, 3.8) is 0 Å². The van der Waals surface area contributed by atoms with Crippen LogP contribution in [0.2, 0.25) is 0 Å². The summed E-state index contributed by atoms with van der Waals surface area (Å²) in [5.74, 6) is 1.75. The Kier molecular flexibility index (Phi) is 4.90. The molecular formula is C12H26N2. The van der Waals surface area contributed by atoms with Crippen molar-refractivity contribution < 1.29 is 0 Å². The molecule has 0 spiro atoms. The van der Waals surface area contributed by atoms with Gasteiger partial charge in [0.1, 0.15) is 0 Å². The highest BCUT2D eigenvalue weighted by molar-refractivity contribution is 4.81. The number of rotatable bonds is 7. The van der Waals surface area contributed by atoms with E-state index in [1.54, 1.807) is 0 Å². The van der Waals surface area contributed by atoms with Gasteiger partial charge in [0.2, 0.25) is 0 Å². The third kappa shape index (κ3) is 3.97. The Balaban J connectivity index is 2.30. The molecule has 2 heteroatoms. The smallest absolute Gasteiger partial charge is 0.0240 e. The summed E-state index contributed by atoms with van der Waals surface area (Å²) in [5, 5.41) is 3.46. The summed E-state index contributed by atoms with van der Waals surface area (Å²) in [4.78, 5) is 2.55. The normalized spacial score (nSPS) is 19.3. The largest absolute Gasteiger partial charge is 0.315 e. The van der Waals surface area contributed by atoms with Crippen molar-refractivity contribution in [1.29, 1.82) is 0 Å². The SMILES string of the molecule is CCNCC(C(C)C)N(C)CC1CC1. The van der Waals surface area contributed by atoms with Gasteiger partial charge in [0.15, 0.2) is 0 Å². The molecule has 1 atom stereocenters. The average Bonchev–Trinajstić information content (AvgIpc) is 2.88. The Bertz CT molecular complexity index is 152. The van der Waals surface area contributed by atoms with E-state index in [0.717, 1.165) is 24.9 Å². The lowest BCUT2D eigenvalue weighted by molar-refractivity contribution is 0.181. The number of nitrogens with one attached hydrogen (secondary N) is 1. The first kappa shape index (κ1) is 12.0. The Hall–Kier alpha value is -0.0800. The molecule has 1 aliphatic rings. The Morgan fingerprint density at radius 2 is 2.00 bits per heavy atom. The molecule has 14 heavy (non-hydrogen) atoms. The molecule has 0 aromatic heterocycles. The first-order chi connectivity index (χ1) is 6.65.